The third kappa shape index (κ3) is 5.01. The number of amides is 2. The minimum atomic E-state index is -3.48. The zero-order valence-corrected chi connectivity index (χ0v) is 16.5. The van der Waals surface area contributed by atoms with Crippen LogP contribution < -0.4 is 5.32 Å². The number of halogens is 2. The first-order valence-electron chi connectivity index (χ1n) is 8.75. The SMILES string of the molecule is CN=C/C=C(\C)NC(=O)N1CCC(C(F)(F)S(=O)c2ccccc2C#N)CC1. The lowest BCUT2D eigenvalue weighted by molar-refractivity contribution is 0.00442. The van der Waals surface area contributed by atoms with Crippen LogP contribution in [0.2, 0.25) is 0 Å². The Morgan fingerprint density at radius 1 is 1.39 bits per heavy atom. The molecule has 0 spiro atoms. The number of carbonyl (C=O) groups is 1. The van der Waals surface area contributed by atoms with E-state index in [-0.39, 0.29) is 42.4 Å². The molecule has 0 radical (unpaired) electrons. The number of alkyl halides is 2. The molecule has 1 fully saturated rings. The molecule has 28 heavy (non-hydrogen) atoms. The predicted octanol–water partition coefficient (Wildman–Crippen LogP) is 3.28. The van der Waals surface area contributed by atoms with E-state index in [4.69, 9.17) is 5.26 Å². The summed E-state index contributed by atoms with van der Waals surface area (Å²) in [5, 5.41) is 8.26. The van der Waals surface area contributed by atoms with Crippen LogP contribution in [0.5, 0.6) is 0 Å². The summed E-state index contributed by atoms with van der Waals surface area (Å²) in [5.74, 6) is -1.13. The molecular formula is C19H22F2N4O2S. The van der Waals surface area contributed by atoms with E-state index in [1.54, 1.807) is 26.1 Å². The zero-order chi connectivity index (χ0) is 20.7. The third-order valence-electron chi connectivity index (χ3n) is 4.49. The first kappa shape index (κ1) is 21.7. The molecule has 0 saturated carbocycles. The summed E-state index contributed by atoms with van der Waals surface area (Å²) >= 11 is 0. The van der Waals surface area contributed by atoms with Gasteiger partial charge in [0.15, 0.2) is 0 Å². The van der Waals surface area contributed by atoms with Crippen molar-refractivity contribution in [3.05, 3.63) is 41.6 Å². The monoisotopic (exact) mass is 408 g/mol. The quantitative estimate of drug-likeness (QED) is 0.759. The Balaban J connectivity index is 2.02. The summed E-state index contributed by atoms with van der Waals surface area (Å²) in [4.78, 5) is 17.3. The van der Waals surface area contributed by atoms with E-state index < -0.39 is 22.0 Å². The second-order valence-corrected chi connectivity index (χ2v) is 7.91. The van der Waals surface area contributed by atoms with Crippen LogP contribution in [0.3, 0.4) is 0 Å². The molecular weight excluding hydrogens is 386 g/mol. The van der Waals surface area contributed by atoms with E-state index in [1.807, 2.05) is 0 Å². The van der Waals surface area contributed by atoms with Gasteiger partial charge in [0.2, 0.25) is 0 Å². The highest BCUT2D eigenvalue weighted by Crippen LogP contribution is 2.39. The van der Waals surface area contributed by atoms with Gasteiger partial charge >= 0.3 is 11.3 Å². The molecule has 1 aliphatic heterocycles. The summed E-state index contributed by atoms with van der Waals surface area (Å²) in [6, 6.07) is 7.12. The topological polar surface area (TPSA) is 85.6 Å². The maximum absolute atomic E-state index is 14.8. The minimum Gasteiger partial charge on any atom is -0.325 e. The largest absolute Gasteiger partial charge is 0.328 e. The van der Waals surface area contributed by atoms with Gasteiger partial charge in [0.1, 0.15) is 16.9 Å². The number of carbonyl (C=O) groups excluding carboxylic acids is 1. The van der Waals surface area contributed by atoms with Crippen molar-refractivity contribution in [3.8, 4) is 6.07 Å². The summed E-state index contributed by atoms with van der Waals surface area (Å²) in [5.41, 5.74) is 0.576. The van der Waals surface area contributed by atoms with Gasteiger partial charge in [0.25, 0.3) is 0 Å². The average molecular weight is 408 g/mol. The maximum Gasteiger partial charge on any atom is 0.328 e. The number of benzene rings is 1. The number of nitriles is 1. The summed E-state index contributed by atoms with van der Waals surface area (Å²) in [6.07, 6.45) is 3.23. The Hall–Kier alpha value is -2.60. The fourth-order valence-corrected chi connectivity index (χ4v) is 4.26. The van der Waals surface area contributed by atoms with Gasteiger partial charge in [-0.25, -0.2) is 9.00 Å². The molecule has 6 nitrogen and oxygen atoms in total. The molecule has 0 aliphatic carbocycles. The molecule has 0 aromatic heterocycles. The van der Waals surface area contributed by atoms with Crippen molar-refractivity contribution in [2.24, 2.45) is 10.9 Å². The number of piperidine rings is 1. The van der Waals surface area contributed by atoms with E-state index in [2.05, 4.69) is 10.3 Å². The molecule has 1 unspecified atom stereocenters. The third-order valence-corrected chi connectivity index (χ3v) is 6.07. The molecule has 1 aromatic carbocycles. The van der Waals surface area contributed by atoms with Gasteiger partial charge in [-0.1, -0.05) is 12.1 Å². The summed E-state index contributed by atoms with van der Waals surface area (Å²) in [6.45, 7) is 1.98. The van der Waals surface area contributed by atoms with Crippen LogP contribution in [0.1, 0.15) is 25.3 Å². The number of nitrogens with zero attached hydrogens (tertiary/aromatic N) is 3. The van der Waals surface area contributed by atoms with E-state index in [1.165, 1.54) is 35.4 Å². The second-order valence-electron chi connectivity index (χ2n) is 6.39. The molecule has 1 N–H and O–H groups in total. The molecule has 0 bridgehead atoms. The minimum absolute atomic E-state index is 0.0183. The maximum atomic E-state index is 14.8. The van der Waals surface area contributed by atoms with E-state index >= 15 is 0 Å². The lowest BCUT2D eigenvalue weighted by Crippen LogP contribution is -2.47. The first-order valence-corrected chi connectivity index (χ1v) is 9.90. The molecule has 2 amide bonds. The number of likely N-dealkylation sites (tertiary alicyclic amines) is 1. The van der Waals surface area contributed by atoms with Crippen LogP contribution in [0.15, 0.2) is 45.9 Å². The van der Waals surface area contributed by atoms with Gasteiger partial charge in [-0.2, -0.15) is 14.0 Å². The molecule has 9 heteroatoms. The van der Waals surface area contributed by atoms with Crippen molar-refractivity contribution in [1.82, 2.24) is 10.2 Å². The fourth-order valence-electron chi connectivity index (χ4n) is 2.91. The van der Waals surface area contributed by atoms with E-state index in [0.717, 1.165) is 0 Å². The first-order chi connectivity index (χ1) is 13.3. The fraction of sp³-hybridized carbons (Fsp3) is 0.421. The van der Waals surface area contributed by atoms with Crippen molar-refractivity contribution in [1.29, 1.82) is 5.26 Å². The summed E-state index contributed by atoms with van der Waals surface area (Å²) < 4.78 is 42.2. The second kappa shape index (κ2) is 9.55. The predicted molar refractivity (Wildman–Crippen MR) is 104 cm³/mol. The number of hydrogen-bond acceptors (Lipinski definition) is 4. The number of hydrogen-bond donors (Lipinski definition) is 1. The number of allylic oxidation sites excluding steroid dienone is 2. The number of urea groups is 1. The standard InChI is InChI=1S/C19H22F2N4O2S/c1-14(7-10-23-2)24-18(26)25-11-8-16(9-12-25)19(20,21)28(27)17-6-4-3-5-15(17)13-22/h3-7,10,16H,8-9,11-12H2,1-2H3,(H,24,26)/b14-7+,23-10?. The zero-order valence-electron chi connectivity index (χ0n) is 15.7. The number of aliphatic imine (C=N–C) groups is 1. The van der Waals surface area contributed by atoms with Gasteiger partial charge in [-0.3, -0.25) is 4.99 Å². The average Bonchev–Trinajstić information content (AvgIpc) is 2.71. The highest BCUT2D eigenvalue weighted by atomic mass is 32.2. The molecule has 1 aliphatic rings. The van der Waals surface area contributed by atoms with Crippen molar-refractivity contribution in [2.45, 2.75) is 29.9 Å². The highest BCUT2D eigenvalue weighted by Gasteiger charge is 2.48. The van der Waals surface area contributed by atoms with Crippen molar-refractivity contribution < 1.29 is 17.8 Å². The lowest BCUT2D eigenvalue weighted by atomic mass is 9.97. The Morgan fingerprint density at radius 2 is 2.04 bits per heavy atom. The smallest absolute Gasteiger partial charge is 0.325 e. The highest BCUT2D eigenvalue weighted by molar-refractivity contribution is 7.86. The van der Waals surface area contributed by atoms with Crippen molar-refractivity contribution in [3.63, 3.8) is 0 Å². The van der Waals surface area contributed by atoms with Crippen molar-refractivity contribution in [2.75, 3.05) is 20.1 Å². The van der Waals surface area contributed by atoms with Gasteiger partial charge in [-0.05, 0) is 38.0 Å². The van der Waals surface area contributed by atoms with Gasteiger partial charge in [0.05, 0.1) is 10.5 Å². The van der Waals surface area contributed by atoms with Crippen LogP contribution in [-0.2, 0) is 10.8 Å². The molecule has 1 saturated heterocycles. The van der Waals surface area contributed by atoms with E-state index in [9.17, 15) is 17.8 Å². The molecule has 150 valence electrons. The summed E-state index contributed by atoms with van der Waals surface area (Å²) in [7, 11) is -1.03. The van der Waals surface area contributed by atoms with Crippen molar-refractivity contribution >= 4 is 23.0 Å². The number of rotatable bonds is 5. The van der Waals surface area contributed by atoms with Crippen LogP contribution in [0.4, 0.5) is 13.6 Å². The Morgan fingerprint density at radius 3 is 2.64 bits per heavy atom. The Kier molecular flexibility index (Phi) is 7.40. The van der Waals surface area contributed by atoms with Crippen LogP contribution >= 0.6 is 0 Å². The lowest BCUT2D eigenvalue weighted by Gasteiger charge is -2.35. The molecule has 1 atom stereocenters. The van der Waals surface area contributed by atoms with E-state index in [0.29, 0.717) is 5.70 Å². The Bertz CT molecular complexity index is 841. The van der Waals surface area contributed by atoms with Crippen LogP contribution in [0, 0.1) is 17.2 Å². The molecule has 1 aromatic rings. The van der Waals surface area contributed by atoms with Gasteiger partial charge in [0, 0.05) is 38.0 Å². The van der Waals surface area contributed by atoms with Crippen LogP contribution in [0.25, 0.3) is 0 Å². The normalized spacial score (nSPS) is 17.4. The van der Waals surface area contributed by atoms with Gasteiger partial charge in [-0.15, -0.1) is 0 Å². The van der Waals surface area contributed by atoms with Gasteiger partial charge < -0.3 is 10.2 Å². The molecule has 1 heterocycles. The van der Waals surface area contributed by atoms with Crippen LogP contribution in [-0.4, -0.2) is 46.7 Å². The number of nitrogens with one attached hydrogen (secondary N) is 1. The Labute approximate surface area is 165 Å². The molecule has 2 rings (SSSR count).